The topological polar surface area (TPSA) is 40.5 Å². The van der Waals surface area contributed by atoms with Crippen LogP contribution in [0.4, 0.5) is 0 Å². The number of aliphatic hydroxyl groups excluding tert-OH is 1. The van der Waals surface area contributed by atoms with Crippen LogP contribution in [0.3, 0.4) is 0 Å². The molecule has 1 saturated carbocycles. The lowest BCUT2D eigenvalue weighted by Gasteiger charge is -2.44. The van der Waals surface area contributed by atoms with Crippen molar-refractivity contribution in [3.8, 4) is 0 Å². The SMILES string of the molecule is CC(C)(C)C1(O)CCC(O)CC1. The van der Waals surface area contributed by atoms with Crippen molar-refractivity contribution in [1.29, 1.82) is 0 Å². The van der Waals surface area contributed by atoms with Gasteiger partial charge in [0.15, 0.2) is 0 Å². The van der Waals surface area contributed by atoms with Gasteiger partial charge in [-0.05, 0) is 31.1 Å². The van der Waals surface area contributed by atoms with E-state index in [1.807, 2.05) is 0 Å². The largest absolute Gasteiger partial charge is 0.393 e. The summed E-state index contributed by atoms with van der Waals surface area (Å²) in [4.78, 5) is 0. The van der Waals surface area contributed by atoms with Crippen molar-refractivity contribution >= 4 is 0 Å². The van der Waals surface area contributed by atoms with Crippen LogP contribution in [0.2, 0.25) is 0 Å². The van der Waals surface area contributed by atoms with Crippen LogP contribution in [0.25, 0.3) is 0 Å². The molecule has 0 spiro atoms. The third-order valence-electron chi connectivity index (χ3n) is 3.18. The van der Waals surface area contributed by atoms with Gasteiger partial charge in [0.25, 0.3) is 0 Å². The van der Waals surface area contributed by atoms with Crippen molar-refractivity contribution in [1.82, 2.24) is 0 Å². The van der Waals surface area contributed by atoms with E-state index in [4.69, 9.17) is 0 Å². The van der Waals surface area contributed by atoms with Gasteiger partial charge in [-0.25, -0.2) is 0 Å². The summed E-state index contributed by atoms with van der Waals surface area (Å²) >= 11 is 0. The van der Waals surface area contributed by atoms with E-state index in [0.29, 0.717) is 0 Å². The van der Waals surface area contributed by atoms with E-state index in [9.17, 15) is 10.2 Å². The van der Waals surface area contributed by atoms with Crippen LogP contribution < -0.4 is 0 Å². The predicted octanol–water partition coefficient (Wildman–Crippen LogP) is 1.70. The molecule has 1 fully saturated rings. The van der Waals surface area contributed by atoms with Gasteiger partial charge < -0.3 is 10.2 Å². The van der Waals surface area contributed by atoms with Crippen LogP contribution in [-0.4, -0.2) is 21.9 Å². The summed E-state index contributed by atoms with van der Waals surface area (Å²) < 4.78 is 0. The Bertz CT molecular complexity index is 150. The van der Waals surface area contributed by atoms with Crippen LogP contribution in [0.5, 0.6) is 0 Å². The maximum atomic E-state index is 10.2. The highest BCUT2D eigenvalue weighted by Crippen LogP contribution is 2.41. The number of hydrogen-bond donors (Lipinski definition) is 2. The van der Waals surface area contributed by atoms with Crippen LogP contribution in [-0.2, 0) is 0 Å². The van der Waals surface area contributed by atoms with E-state index in [1.165, 1.54) is 0 Å². The second-order valence-electron chi connectivity index (χ2n) is 5.01. The van der Waals surface area contributed by atoms with Gasteiger partial charge in [-0.3, -0.25) is 0 Å². The number of aliphatic hydroxyl groups is 2. The normalized spacial score (nSPS) is 38.2. The van der Waals surface area contributed by atoms with Gasteiger partial charge >= 0.3 is 0 Å². The molecule has 72 valence electrons. The summed E-state index contributed by atoms with van der Waals surface area (Å²) in [6, 6.07) is 0. The maximum Gasteiger partial charge on any atom is 0.0697 e. The van der Waals surface area contributed by atoms with E-state index in [1.54, 1.807) is 0 Å². The average molecular weight is 172 g/mol. The van der Waals surface area contributed by atoms with Crippen molar-refractivity contribution in [2.75, 3.05) is 0 Å². The van der Waals surface area contributed by atoms with Crippen molar-refractivity contribution in [3.63, 3.8) is 0 Å². The molecule has 0 saturated heterocycles. The summed E-state index contributed by atoms with van der Waals surface area (Å²) in [6.45, 7) is 6.18. The molecule has 2 heteroatoms. The summed E-state index contributed by atoms with van der Waals surface area (Å²) in [5.74, 6) is 0. The highest BCUT2D eigenvalue weighted by atomic mass is 16.3. The molecule has 0 amide bonds. The third-order valence-corrected chi connectivity index (χ3v) is 3.18. The molecule has 0 radical (unpaired) electrons. The Labute approximate surface area is 74.6 Å². The van der Waals surface area contributed by atoms with E-state index in [0.717, 1.165) is 25.7 Å². The van der Waals surface area contributed by atoms with Gasteiger partial charge in [-0.15, -0.1) is 0 Å². The van der Waals surface area contributed by atoms with E-state index >= 15 is 0 Å². The molecule has 2 N–H and O–H groups in total. The second-order valence-corrected chi connectivity index (χ2v) is 5.01. The zero-order valence-electron chi connectivity index (χ0n) is 8.30. The Morgan fingerprint density at radius 3 is 1.92 bits per heavy atom. The highest BCUT2D eigenvalue weighted by molar-refractivity contribution is 4.94. The Hall–Kier alpha value is -0.0800. The van der Waals surface area contributed by atoms with E-state index in [2.05, 4.69) is 20.8 Å². The molecule has 0 aliphatic heterocycles. The Kier molecular flexibility index (Phi) is 2.50. The predicted molar refractivity (Wildman–Crippen MR) is 48.9 cm³/mol. The lowest BCUT2D eigenvalue weighted by atomic mass is 9.68. The first-order chi connectivity index (χ1) is 5.35. The molecule has 0 aromatic heterocycles. The molecule has 12 heavy (non-hydrogen) atoms. The molecule has 1 aliphatic carbocycles. The Balaban J connectivity index is 2.62. The fraction of sp³-hybridized carbons (Fsp3) is 1.00. The van der Waals surface area contributed by atoms with Gasteiger partial charge in [0, 0.05) is 0 Å². The summed E-state index contributed by atoms with van der Waals surface area (Å²) in [7, 11) is 0. The third kappa shape index (κ3) is 1.80. The fourth-order valence-corrected chi connectivity index (χ4v) is 1.83. The van der Waals surface area contributed by atoms with Gasteiger partial charge in [0.05, 0.1) is 11.7 Å². The van der Waals surface area contributed by atoms with Gasteiger partial charge in [0.1, 0.15) is 0 Å². The smallest absolute Gasteiger partial charge is 0.0697 e. The van der Waals surface area contributed by atoms with Gasteiger partial charge in [-0.2, -0.15) is 0 Å². The molecular weight excluding hydrogens is 152 g/mol. The number of rotatable bonds is 0. The first-order valence-electron chi connectivity index (χ1n) is 4.76. The molecule has 0 atom stereocenters. The summed E-state index contributed by atoms with van der Waals surface area (Å²) in [6.07, 6.45) is 2.77. The van der Waals surface area contributed by atoms with Gasteiger partial charge in [0.2, 0.25) is 0 Å². The summed E-state index contributed by atoms with van der Waals surface area (Å²) in [5, 5.41) is 19.5. The van der Waals surface area contributed by atoms with Crippen molar-refractivity contribution < 1.29 is 10.2 Å². The maximum absolute atomic E-state index is 10.2. The lowest BCUT2D eigenvalue weighted by Crippen LogP contribution is -2.46. The summed E-state index contributed by atoms with van der Waals surface area (Å²) in [5.41, 5.74) is -0.626. The molecular formula is C10H20O2. The number of hydrogen-bond acceptors (Lipinski definition) is 2. The molecule has 2 nitrogen and oxygen atoms in total. The molecule has 0 bridgehead atoms. The quantitative estimate of drug-likeness (QED) is 0.584. The van der Waals surface area contributed by atoms with E-state index in [-0.39, 0.29) is 11.5 Å². The van der Waals surface area contributed by atoms with Crippen LogP contribution in [0.1, 0.15) is 46.5 Å². The molecule has 0 aromatic carbocycles. The first-order valence-corrected chi connectivity index (χ1v) is 4.76. The van der Waals surface area contributed by atoms with Crippen molar-refractivity contribution in [2.24, 2.45) is 5.41 Å². The van der Waals surface area contributed by atoms with Crippen LogP contribution in [0, 0.1) is 5.41 Å². The minimum absolute atomic E-state index is 0.0624. The average Bonchev–Trinajstić information content (AvgIpc) is 1.93. The fourth-order valence-electron chi connectivity index (χ4n) is 1.83. The standard InChI is InChI=1S/C10H20O2/c1-9(2,3)10(12)6-4-8(11)5-7-10/h8,11-12H,4-7H2,1-3H3. The highest BCUT2D eigenvalue weighted by Gasteiger charge is 2.42. The van der Waals surface area contributed by atoms with E-state index < -0.39 is 5.60 Å². The second kappa shape index (κ2) is 3.00. The van der Waals surface area contributed by atoms with Gasteiger partial charge in [-0.1, -0.05) is 20.8 Å². The Morgan fingerprint density at radius 2 is 1.58 bits per heavy atom. The zero-order valence-corrected chi connectivity index (χ0v) is 8.30. The first kappa shape index (κ1) is 10.0. The molecule has 0 unspecified atom stereocenters. The van der Waals surface area contributed by atoms with Crippen molar-refractivity contribution in [3.05, 3.63) is 0 Å². The lowest BCUT2D eigenvalue weighted by molar-refractivity contribution is -0.103. The molecule has 0 aromatic rings. The minimum atomic E-state index is -0.563. The molecule has 1 rings (SSSR count). The molecule has 0 heterocycles. The zero-order chi connectivity index (χ0) is 9.41. The van der Waals surface area contributed by atoms with Crippen molar-refractivity contribution in [2.45, 2.75) is 58.2 Å². The Morgan fingerprint density at radius 1 is 1.17 bits per heavy atom. The monoisotopic (exact) mass is 172 g/mol. The van der Waals surface area contributed by atoms with Crippen LogP contribution >= 0.6 is 0 Å². The van der Waals surface area contributed by atoms with Crippen LogP contribution in [0.15, 0.2) is 0 Å². The molecule has 1 aliphatic rings. The minimum Gasteiger partial charge on any atom is -0.393 e.